The predicted octanol–water partition coefficient (Wildman–Crippen LogP) is 2.74. The molecule has 1 heterocycles. The maximum absolute atomic E-state index is 13.4. The highest BCUT2D eigenvalue weighted by Crippen LogP contribution is 2.25. The molecule has 2 nitrogen and oxygen atoms in total. The van der Waals surface area contributed by atoms with E-state index in [1.165, 1.54) is 17.4 Å². The van der Waals surface area contributed by atoms with Crippen molar-refractivity contribution in [3.05, 3.63) is 35.0 Å². The summed E-state index contributed by atoms with van der Waals surface area (Å²) in [5, 5.41) is 10.7. The zero-order valence-corrected chi connectivity index (χ0v) is 7.27. The van der Waals surface area contributed by atoms with Crippen LogP contribution in [0.2, 0.25) is 0 Å². The zero-order valence-electron chi connectivity index (χ0n) is 6.45. The number of rotatable bonds is 1. The lowest BCUT2D eigenvalue weighted by atomic mass is 10.1. The summed E-state index contributed by atoms with van der Waals surface area (Å²) in [7, 11) is 0. The van der Waals surface area contributed by atoms with E-state index in [4.69, 9.17) is 5.11 Å². The highest BCUT2D eigenvalue weighted by Gasteiger charge is 2.13. The van der Waals surface area contributed by atoms with Crippen LogP contribution in [0.25, 0.3) is 10.1 Å². The van der Waals surface area contributed by atoms with Gasteiger partial charge in [0, 0.05) is 10.1 Å². The maximum atomic E-state index is 13.4. The van der Waals surface area contributed by atoms with E-state index >= 15 is 0 Å². The summed E-state index contributed by atoms with van der Waals surface area (Å²) in [5.74, 6) is -1.88. The largest absolute Gasteiger partial charge is 0.478 e. The Hall–Kier alpha value is -1.42. The summed E-state index contributed by atoms with van der Waals surface area (Å²) in [6.45, 7) is 0. The molecule has 0 atom stereocenters. The fraction of sp³-hybridized carbons (Fsp3) is 0. The van der Waals surface area contributed by atoms with Gasteiger partial charge in [-0.05, 0) is 23.6 Å². The average Bonchev–Trinajstić information content (AvgIpc) is 2.52. The number of carboxylic acid groups (broad SMARTS) is 1. The molecule has 0 aliphatic heterocycles. The second-order valence-electron chi connectivity index (χ2n) is 2.56. The molecule has 0 fully saturated rings. The van der Waals surface area contributed by atoms with Crippen LogP contribution in [-0.2, 0) is 0 Å². The van der Waals surface area contributed by atoms with Gasteiger partial charge in [0.05, 0.1) is 5.56 Å². The van der Waals surface area contributed by atoms with Gasteiger partial charge in [-0.2, -0.15) is 0 Å². The van der Waals surface area contributed by atoms with Crippen LogP contribution in [0.5, 0.6) is 0 Å². The molecule has 0 bridgehead atoms. The normalized spacial score (nSPS) is 10.5. The van der Waals surface area contributed by atoms with E-state index in [0.29, 0.717) is 5.39 Å². The number of halogens is 1. The standard InChI is InChI=1S/C9H5FO2S/c10-8-5-3-4-13-7(5)2-1-6(8)9(11)12/h1-4H,(H,11,12). The highest BCUT2D eigenvalue weighted by molar-refractivity contribution is 7.17. The van der Waals surface area contributed by atoms with Crippen LogP contribution in [-0.4, -0.2) is 11.1 Å². The summed E-state index contributed by atoms with van der Waals surface area (Å²) in [5.41, 5.74) is -0.272. The summed E-state index contributed by atoms with van der Waals surface area (Å²) < 4.78 is 14.1. The first-order chi connectivity index (χ1) is 6.20. The van der Waals surface area contributed by atoms with Crippen molar-refractivity contribution in [2.24, 2.45) is 0 Å². The molecule has 0 saturated carbocycles. The van der Waals surface area contributed by atoms with Gasteiger partial charge < -0.3 is 5.11 Å². The lowest BCUT2D eigenvalue weighted by Crippen LogP contribution is -1.99. The van der Waals surface area contributed by atoms with Gasteiger partial charge in [-0.1, -0.05) is 0 Å². The van der Waals surface area contributed by atoms with Gasteiger partial charge >= 0.3 is 5.97 Å². The lowest BCUT2D eigenvalue weighted by molar-refractivity contribution is 0.0692. The summed E-state index contributed by atoms with van der Waals surface area (Å²) >= 11 is 1.39. The predicted molar refractivity (Wildman–Crippen MR) is 48.7 cm³/mol. The van der Waals surface area contributed by atoms with Gasteiger partial charge in [0.15, 0.2) is 0 Å². The monoisotopic (exact) mass is 196 g/mol. The van der Waals surface area contributed by atoms with Crippen molar-refractivity contribution in [1.82, 2.24) is 0 Å². The van der Waals surface area contributed by atoms with E-state index in [9.17, 15) is 9.18 Å². The van der Waals surface area contributed by atoms with Crippen LogP contribution in [0.3, 0.4) is 0 Å². The molecule has 0 saturated heterocycles. The van der Waals surface area contributed by atoms with Gasteiger partial charge in [0.1, 0.15) is 5.82 Å². The van der Waals surface area contributed by atoms with Crippen molar-refractivity contribution < 1.29 is 14.3 Å². The van der Waals surface area contributed by atoms with E-state index in [-0.39, 0.29) is 5.56 Å². The molecule has 0 aliphatic carbocycles. The molecule has 0 unspecified atom stereocenters. The van der Waals surface area contributed by atoms with E-state index in [1.807, 2.05) is 0 Å². The van der Waals surface area contributed by atoms with Crippen molar-refractivity contribution in [3.8, 4) is 0 Å². The number of benzene rings is 1. The van der Waals surface area contributed by atoms with Crippen molar-refractivity contribution in [2.75, 3.05) is 0 Å². The molecule has 4 heteroatoms. The minimum Gasteiger partial charge on any atom is -0.478 e. The van der Waals surface area contributed by atoms with Crippen LogP contribution < -0.4 is 0 Å². The quantitative estimate of drug-likeness (QED) is 0.761. The molecule has 0 amide bonds. The van der Waals surface area contributed by atoms with Gasteiger partial charge in [0.2, 0.25) is 0 Å². The lowest BCUT2D eigenvalue weighted by Gasteiger charge is -1.97. The molecule has 1 aromatic heterocycles. The number of fused-ring (bicyclic) bond motifs is 1. The number of carbonyl (C=O) groups is 1. The Morgan fingerprint density at radius 3 is 2.85 bits per heavy atom. The molecule has 1 N–H and O–H groups in total. The zero-order chi connectivity index (χ0) is 9.42. The minimum absolute atomic E-state index is 0.272. The van der Waals surface area contributed by atoms with Crippen molar-refractivity contribution in [1.29, 1.82) is 0 Å². The third-order valence-corrected chi connectivity index (χ3v) is 2.68. The van der Waals surface area contributed by atoms with E-state index in [2.05, 4.69) is 0 Å². The van der Waals surface area contributed by atoms with Crippen LogP contribution >= 0.6 is 11.3 Å². The number of hydrogen-bond donors (Lipinski definition) is 1. The minimum atomic E-state index is -1.23. The van der Waals surface area contributed by atoms with Gasteiger partial charge in [-0.25, -0.2) is 9.18 Å². The SMILES string of the molecule is O=C(O)c1ccc2sccc2c1F. The van der Waals surface area contributed by atoms with Crippen LogP contribution in [0.15, 0.2) is 23.6 Å². The first-order valence-corrected chi connectivity index (χ1v) is 4.47. The summed E-state index contributed by atoms with van der Waals surface area (Å²) in [4.78, 5) is 10.6. The number of carboxylic acids is 1. The molecule has 2 rings (SSSR count). The Bertz CT molecular complexity index is 475. The fourth-order valence-electron chi connectivity index (χ4n) is 1.17. The Labute approximate surface area is 77.2 Å². The van der Waals surface area contributed by atoms with E-state index in [0.717, 1.165) is 4.70 Å². The molecule has 0 spiro atoms. The molecule has 13 heavy (non-hydrogen) atoms. The fourth-order valence-corrected chi connectivity index (χ4v) is 1.96. The number of aromatic carboxylic acids is 1. The number of thiophene rings is 1. The smallest absolute Gasteiger partial charge is 0.338 e. The third-order valence-electron chi connectivity index (χ3n) is 1.80. The second-order valence-corrected chi connectivity index (χ2v) is 3.51. The Balaban J connectivity index is 2.80. The Morgan fingerprint density at radius 2 is 2.15 bits per heavy atom. The first kappa shape index (κ1) is 8.19. The number of hydrogen-bond acceptors (Lipinski definition) is 2. The van der Waals surface area contributed by atoms with Crippen molar-refractivity contribution >= 4 is 27.4 Å². The molecule has 2 aromatic rings. The average molecular weight is 196 g/mol. The molecule has 66 valence electrons. The highest BCUT2D eigenvalue weighted by atomic mass is 32.1. The molecule has 1 aromatic carbocycles. The molecule has 0 radical (unpaired) electrons. The topological polar surface area (TPSA) is 37.3 Å². The van der Waals surface area contributed by atoms with Gasteiger partial charge in [0.25, 0.3) is 0 Å². The van der Waals surface area contributed by atoms with E-state index in [1.54, 1.807) is 17.5 Å². The Morgan fingerprint density at radius 1 is 1.38 bits per heavy atom. The van der Waals surface area contributed by atoms with Crippen LogP contribution in [0.1, 0.15) is 10.4 Å². The van der Waals surface area contributed by atoms with Crippen molar-refractivity contribution in [3.63, 3.8) is 0 Å². The van der Waals surface area contributed by atoms with E-state index < -0.39 is 11.8 Å². The Kier molecular flexibility index (Phi) is 1.77. The van der Waals surface area contributed by atoms with Gasteiger partial charge in [-0.3, -0.25) is 0 Å². The maximum Gasteiger partial charge on any atom is 0.338 e. The molecular weight excluding hydrogens is 191 g/mol. The summed E-state index contributed by atoms with van der Waals surface area (Å²) in [6.07, 6.45) is 0. The van der Waals surface area contributed by atoms with Crippen LogP contribution in [0.4, 0.5) is 4.39 Å². The van der Waals surface area contributed by atoms with Crippen LogP contribution in [0, 0.1) is 5.82 Å². The third kappa shape index (κ3) is 1.19. The summed E-state index contributed by atoms with van der Waals surface area (Å²) in [6, 6.07) is 4.49. The molecular formula is C9H5FO2S. The second kappa shape index (κ2) is 2.81. The first-order valence-electron chi connectivity index (χ1n) is 3.59. The van der Waals surface area contributed by atoms with Crippen molar-refractivity contribution in [2.45, 2.75) is 0 Å². The molecule has 0 aliphatic rings. The van der Waals surface area contributed by atoms with Gasteiger partial charge in [-0.15, -0.1) is 11.3 Å².